The molecule has 0 radical (unpaired) electrons. The predicted molar refractivity (Wildman–Crippen MR) is 86.9 cm³/mol. The van der Waals surface area contributed by atoms with E-state index < -0.39 is 0 Å². The van der Waals surface area contributed by atoms with Crippen LogP contribution >= 0.6 is 0 Å². The van der Waals surface area contributed by atoms with Crippen LogP contribution in [0.2, 0.25) is 0 Å². The molecule has 0 saturated heterocycles. The van der Waals surface area contributed by atoms with Gasteiger partial charge >= 0.3 is 0 Å². The van der Waals surface area contributed by atoms with Crippen molar-refractivity contribution in [2.75, 3.05) is 26.9 Å². The molecule has 0 bridgehead atoms. The van der Waals surface area contributed by atoms with Crippen molar-refractivity contribution < 1.29 is 9.47 Å². The van der Waals surface area contributed by atoms with E-state index in [0.717, 1.165) is 50.8 Å². The van der Waals surface area contributed by atoms with E-state index in [0.29, 0.717) is 5.92 Å². The molecule has 1 unspecified atom stereocenters. The second-order valence-corrected chi connectivity index (χ2v) is 5.97. The largest absolute Gasteiger partial charge is 0.496 e. The number of para-hydroxylation sites is 1. The highest BCUT2D eigenvalue weighted by Gasteiger charge is 2.22. The molecule has 118 valence electrons. The molecule has 1 atom stereocenters. The number of nitrogens with one attached hydrogen (secondary N) is 1. The van der Waals surface area contributed by atoms with Gasteiger partial charge in [-0.05, 0) is 56.2 Å². The maximum absolute atomic E-state index is 5.67. The maximum atomic E-state index is 5.67. The van der Waals surface area contributed by atoms with Gasteiger partial charge in [-0.25, -0.2) is 0 Å². The van der Waals surface area contributed by atoms with E-state index >= 15 is 0 Å². The Morgan fingerprint density at radius 2 is 2.05 bits per heavy atom. The molecule has 1 fully saturated rings. The first-order chi connectivity index (χ1) is 10.3. The van der Waals surface area contributed by atoms with Crippen LogP contribution < -0.4 is 10.1 Å². The van der Waals surface area contributed by atoms with Gasteiger partial charge in [-0.15, -0.1) is 0 Å². The van der Waals surface area contributed by atoms with Crippen LogP contribution in [-0.4, -0.2) is 32.9 Å². The van der Waals surface area contributed by atoms with Crippen LogP contribution in [0, 0.1) is 5.92 Å². The van der Waals surface area contributed by atoms with Crippen molar-refractivity contribution in [1.29, 1.82) is 0 Å². The van der Waals surface area contributed by atoms with Crippen molar-refractivity contribution in [2.24, 2.45) is 5.92 Å². The van der Waals surface area contributed by atoms with E-state index in [4.69, 9.17) is 9.47 Å². The summed E-state index contributed by atoms with van der Waals surface area (Å²) in [5, 5.41) is 3.66. The van der Waals surface area contributed by atoms with Gasteiger partial charge in [0.15, 0.2) is 0 Å². The molecule has 2 rings (SSSR count). The Morgan fingerprint density at radius 1 is 1.24 bits per heavy atom. The Kier molecular flexibility index (Phi) is 7.04. The average Bonchev–Trinajstić information content (AvgIpc) is 3.33. The standard InChI is InChI=1S/C18H29NO2/c1-3-11-21-12-10-15(14-19-17-8-9-17)13-16-6-4-5-7-18(16)20-2/h4-7,15,17,19H,3,8-14H2,1-2H3. The van der Waals surface area contributed by atoms with Crippen LogP contribution in [0.4, 0.5) is 0 Å². The molecule has 21 heavy (non-hydrogen) atoms. The SMILES string of the molecule is CCCOCCC(CNC1CC1)Cc1ccccc1OC. The van der Waals surface area contributed by atoms with Crippen LogP contribution in [-0.2, 0) is 11.2 Å². The fourth-order valence-electron chi connectivity index (χ4n) is 2.58. The normalized spacial score (nSPS) is 15.9. The summed E-state index contributed by atoms with van der Waals surface area (Å²) in [5.41, 5.74) is 1.30. The van der Waals surface area contributed by atoms with Crippen molar-refractivity contribution in [1.82, 2.24) is 5.32 Å². The third kappa shape index (κ3) is 6.06. The first-order valence-corrected chi connectivity index (χ1v) is 8.26. The van der Waals surface area contributed by atoms with Gasteiger partial charge in [-0.1, -0.05) is 25.1 Å². The molecule has 1 N–H and O–H groups in total. The monoisotopic (exact) mass is 291 g/mol. The van der Waals surface area contributed by atoms with E-state index in [9.17, 15) is 0 Å². The van der Waals surface area contributed by atoms with E-state index in [-0.39, 0.29) is 0 Å². The zero-order valence-corrected chi connectivity index (χ0v) is 13.4. The van der Waals surface area contributed by atoms with Crippen LogP contribution in [0.5, 0.6) is 5.75 Å². The number of ether oxygens (including phenoxy) is 2. The highest BCUT2D eigenvalue weighted by molar-refractivity contribution is 5.33. The van der Waals surface area contributed by atoms with E-state index in [2.05, 4.69) is 24.4 Å². The minimum Gasteiger partial charge on any atom is -0.496 e. The molecule has 1 aromatic rings. The van der Waals surface area contributed by atoms with Crippen molar-refractivity contribution >= 4 is 0 Å². The molecule has 1 aliphatic rings. The molecule has 0 heterocycles. The highest BCUT2D eigenvalue weighted by Crippen LogP contribution is 2.24. The van der Waals surface area contributed by atoms with Crippen molar-refractivity contribution in [3.63, 3.8) is 0 Å². The number of methoxy groups -OCH3 is 1. The first-order valence-electron chi connectivity index (χ1n) is 8.26. The Morgan fingerprint density at radius 3 is 2.76 bits per heavy atom. The molecular formula is C18H29NO2. The Bertz CT molecular complexity index is 404. The van der Waals surface area contributed by atoms with Gasteiger partial charge in [0, 0.05) is 19.3 Å². The van der Waals surface area contributed by atoms with Gasteiger partial charge in [0.05, 0.1) is 7.11 Å². The summed E-state index contributed by atoms with van der Waals surface area (Å²) >= 11 is 0. The molecule has 1 saturated carbocycles. The summed E-state index contributed by atoms with van der Waals surface area (Å²) in [7, 11) is 1.75. The molecule has 3 nitrogen and oxygen atoms in total. The summed E-state index contributed by atoms with van der Waals surface area (Å²) in [6.07, 6.45) is 5.94. The molecule has 1 aromatic carbocycles. The predicted octanol–water partition coefficient (Wildman–Crippen LogP) is 3.42. The molecule has 1 aliphatic carbocycles. The maximum Gasteiger partial charge on any atom is 0.122 e. The molecule has 0 aromatic heterocycles. The van der Waals surface area contributed by atoms with E-state index in [1.54, 1.807) is 7.11 Å². The topological polar surface area (TPSA) is 30.5 Å². The Labute approximate surface area is 129 Å². The molecular weight excluding hydrogens is 262 g/mol. The number of rotatable bonds is 11. The summed E-state index contributed by atoms with van der Waals surface area (Å²) in [6.45, 7) is 4.97. The first kappa shape index (κ1) is 16.3. The van der Waals surface area contributed by atoms with Crippen molar-refractivity contribution in [3.05, 3.63) is 29.8 Å². The fraction of sp³-hybridized carbons (Fsp3) is 0.667. The number of hydrogen-bond donors (Lipinski definition) is 1. The lowest BCUT2D eigenvalue weighted by atomic mass is 9.95. The van der Waals surface area contributed by atoms with Gasteiger partial charge in [-0.3, -0.25) is 0 Å². The summed E-state index contributed by atoms with van der Waals surface area (Å²) in [6, 6.07) is 9.12. The van der Waals surface area contributed by atoms with Crippen LogP contribution in [0.15, 0.2) is 24.3 Å². The lowest BCUT2D eigenvalue weighted by Gasteiger charge is -2.19. The molecule has 0 spiro atoms. The zero-order valence-electron chi connectivity index (χ0n) is 13.4. The van der Waals surface area contributed by atoms with Gasteiger partial charge in [-0.2, -0.15) is 0 Å². The van der Waals surface area contributed by atoms with Crippen LogP contribution in [0.25, 0.3) is 0 Å². The quantitative estimate of drug-likeness (QED) is 0.634. The van der Waals surface area contributed by atoms with E-state index in [1.807, 2.05) is 12.1 Å². The molecule has 3 heteroatoms. The third-order valence-corrected chi connectivity index (χ3v) is 3.99. The average molecular weight is 291 g/mol. The second kappa shape index (κ2) is 9.06. The van der Waals surface area contributed by atoms with Gasteiger partial charge < -0.3 is 14.8 Å². The third-order valence-electron chi connectivity index (χ3n) is 3.99. The van der Waals surface area contributed by atoms with Crippen LogP contribution in [0.1, 0.15) is 38.2 Å². The lowest BCUT2D eigenvalue weighted by molar-refractivity contribution is 0.120. The molecule has 0 aliphatic heterocycles. The Balaban J connectivity index is 1.86. The van der Waals surface area contributed by atoms with Gasteiger partial charge in [0.25, 0.3) is 0 Å². The van der Waals surface area contributed by atoms with Crippen LogP contribution in [0.3, 0.4) is 0 Å². The fourth-order valence-corrected chi connectivity index (χ4v) is 2.58. The highest BCUT2D eigenvalue weighted by atomic mass is 16.5. The summed E-state index contributed by atoms with van der Waals surface area (Å²) in [5.74, 6) is 1.61. The number of hydrogen-bond acceptors (Lipinski definition) is 3. The summed E-state index contributed by atoms with van der Waals surface area (Å²) < 4.78 is 11.1. The van der Waals surface area contributed by atoms with E-state index in [1.165, 1.54) is 18.4 Å². The van der Waals surface area contributed by atoms with Gasteiger partial charge in [0.1, 0.15) is 5.75 Å². The minimum atomic E-state index is 0.610. The number of benzene rings is 1. The van der Waals surface area contributed by atoms with Gasteiger partial charge in [0.2, 0.25) is 0 Å². The Hall–Kier alpha value is -1.06. The zero-order chi connectivity index (χ0) is 14.9. The minimum absolute atomic E-state index is 0.610. The second-order valence-electron chi connectivity index (χ2n) is 5.97. The van der Waals surface area contributed by atoms with Crippen molar-refractivity contribution in [2.45, 2.75) is 45.1 Å². The lowest BCUT2D eigenvalue weighted by Crippen LogP contribution is -2.27. The summed E-state index contributed by atoms with van der Waals surface area (Å²) in [4.78, 5) is 0. The van der Waals surface area contributed by atoms with Crippen molar-refractivity contribution in [3.8, 4) is 5.75 Å². The molecule has 0 amide bonds. The smallest absolute Gasteiger partial charge is 0.122 e.